The number of carbonyl (C=O) groups is 1. The van der Waals surface area contributed by atoms with Gasteiger partial charge in [-0.25, -0.2) is 4.79 Å². The molecule has 2 N–H and O–H groups in total. The zero-order valence-electron chi connectivity index (χ0n) is 9.88. The van der Waals surface area contributed by atoms with Crippen molar-refractivity contribution in [3.8, 4) is 5.75 Å². The third kappa shape index (κ3) is 3.14. The third-order valence-corrected chi connectivity index (χ3v) is 2.90. The van der Waals surface area contributed by atoms with Gasteiger partial charge in [-0.2, -0.15) is 0 Å². The smallest absolute Gasteiger partial charge is 0.336 e. The SMILES string of the molecule is O=C(O)/C(=C/c1ccccc1)c1ccc(O)c(Cl)c1. The lowest BCUT2D eigenvalue weighted by Crippen LogP contribution is -1.99. The van der Waals surface area contributed by atoms with Crippen LogP contribution in [-0.2, 0) is 4.79 Å². The molecule has 3 nitrogen and oxygen atoms in total. The van der Waals surface area contributed by atoms with E-state index in [0.29, 0.717) is 5.56 Å². The van der Waals surface area contributed by atoms with Crippen LogP contribution in [0, 0.1) is 0 Å². The van der Waals surface area contributed by atoms with Gasteiger partial charge in [-0.15, -0.1) is 0 Å². The molecule has 0 unspecified atom stereocenters. The van der Waals surface area contributed by atoms with Gasteiger partial charge < -0.3 is 10.2 Å². The van der Waals surface area contributed by atoms with Crippen molar-refractivity contribution in [1.29, 1.82) is 0 Å². The Kier molecular flexibility index (Phi) is 3.88. The maximum Gasteiger partial charge on any atom is 0.336 e. The Morgan fingerprint density at radius 2 is 1.79 bits per heavy atom. The van der Waals surface area contributed by atoms with Gasteiger partial charge in [0.1, 0.15) is 5.75 Å². The first-order chi connectivity index (χ1) is 9.08. The molecule has 0 amide bonds. The molecule has 4 heteroatoms. The molecule has 0 aliphatic rings. The summed E-state index contributed by atoms with van der Waals surface area (Å²) < 4.78 is 0. The van der Waals surface area contributed by atoms with E-state index in [1.54, 1.807) is 6.08 Å². The number of hydrogen-bond acceptors (Lipinski definition) is 2. The van der Waals surface area contributed by atoms with Gasteiger partial charge in [-0.3, -0.25) is 0 Å². The van der Waals surface area contributed by atoms with Gasteiger partial charge in [0.15, 0.2) is 0 Å². The van der Waals surface area contributed by atoms with Crippen LogP contribution in [0.15, 0.2) is 48.5 Å². The minimum atomic E-state index is -1.05. The number of aromatic hydroxyl groups is 1. The van der Waals surface area contributed by atoms with Crippen LogP contribution in [0.3, 0.4) is 0 Å². The van der Waals surface area contributed by atoms with Crippen molar-refractivity contribution in [2.45, 2.75) is 0 Å². The Morgan fingerprint density at radius 3 is 2.37 bits per heavy atom. The highest BCUT2D eigenvalue weighted by molar-refractivity contribution is 6.32. The molecule has 2 rings (SSSR count). The summed E-state index contributed by atoms with van der Waals surface area (Å²) in [5.74, 6) is -1.12. The number of carboxylic acids is 1. The van der Waals surface area contributed by atoms with Gasteiger partial charge in [0.05, 0.1) is 10.6 Å². The molecule has 96 valence electrons. The van der Waals surface area contributed by atoms with E-state index in [-0.39, 0.29) is 16.3 Å². The summed E-state index contributed by atoms with van der Waals surface area (Å²) in [5.41, 5.74) is 1.34. The highest BCUT2D eigenvalue weighted by Crippen LogP contribution is 2.28. The van der Waals surface area contributed by atoms with Crippen LogP contribution >= 0.6 is 11.6 Å². The second-order valence-corrected chi connectivity index (χ2v) is 4.35. The van der Waals surface area contributed by atoms with Crippen molar-refractivity contribution < 1.29 is 15.0 Å². The maximum absolute atomic E-state index is 11.3. The second-order valence-electron chi connectivity index (χ2n) is 3.94. The lowest BCUT2D eigenvalue weighted by Gasteiger charge is -2.05. The van der Waals surface area contributed by atoms with Crippen molar-refractivity contribution in [3.05, 3.63) is 64.7 Å². The van der Waals surface area contributed by atoms with Crippen LogP contribution in [-0.4, -0.2) is 16.2 Å². The topological polar surface area (TPSA) is 57.5 Å². The summed E-state index contributed by atoms with van der Waals surface area (Å²) in [6.07, 6.45) is 1.56. The van der Waals surface area contributed by atoms with Gasteiger partial charge in [-0.1, -0.05) is 48.0 Å². The Morgan fingerprint density at radius 1 is 1.11 bits per heavy atom. The van der Waals surface area contributed by atoms with E-state index in [2.05, 4.69) is 0 Å². The normalized spacial score (nSPS) is 11.3. The van der Waals surface area contributed by atoms with Crippen LogP contribution in [0.4, 0.5) is 0 Å². The van der Waals surface area contributed by atoms with Crippen molar-refractivity contribution in [1.82, 2.24) is 0 Å². The van der Waals surface area contributed by atoms with Crippen LogP contribution < -0.4 is 0 Å². The number of phenolic OH excluding ortho intramolecular Hbond substituents is 1. The summed E-state index contributed by atoms with van der Waals surface area (Å²) >= 11 is 5.80. The molecule has 0 radical (unpaired) electrons. The van der Waals surface area contributed by atoms with E-state index in [9.17, 15) is 15.0 Å². The van der Waals surface area contributed by atoms with E-state index in [1.807, 2.05) is 30.3 Å². The first kappa shape index (κ1) is 13.2. The molecule has 0 aliphatic heterocycles. The Balaban J connectivity index is 2.49. The van der Waals surface area contributed by atoms with Gasteiger partial charge in [-0.05, 0) is 29.3 Å². The first-order valence-corrected chi connectivity index (χ1v) is 5.94. The van der Waals surface area contributed by atoms with Gasteiger partial charge in [0.25, 0.3) is 0 Å². The molecule has 0 aromatic heterocycles. The van der Waals surface area contributed by atoms with Crippen molar-refractivity contribution >= 4 is 29.2 Å². The molecule has 0 saturated heterocycles. The molecular weight excluding hydrogens is 264 g/mol. The number of halogens is 1. The van der Waals surface area contributed by atoms with Crippen LogP contribution in [0.2, 0.25) is 5.02 Å². The highest BCUT2D eigenvalue weighted by Gasteiger charge is 2.12. The second kappa shape index (κ2) is 5.59. The molecule has 0 fully saturated rings. The minimum absolute atomic E-state index is 0.0742. The van der Waals surface area contributed by atoms with Gasteiger partial charge >= 0.3 is 5.97 Å². The number of hydrogen-bond donors (Lipinski definition) is 2. The van der Waals surface area contributed by atoms with Gasteiger partial charge in [0, 0.05) is 0 Å². The highest BCUT2D eigenvalue weighted by atomic mass is 35.5. The fourth-order valence-corrected chi connectivity index (χ4v) is 1.84. The predicted molar refractivity (Wildman–Crippen MR) is 75.1 cm³/mol. The summed E-state index contributed by atoms with van der Waals surface area (Å²) in [6.45, 7) is 0. The van der Waals surface area contributed by atoms with E-state index in [1.165, 1.54) is 18.2 Å². The number of rotatable bonds is 3. The average Bonchev–Trinajstić information content (AvgIpc) is 2.40. The number of aliphatic carboxylic acids is 1. The van der Waals surface area contributed by atoms with Crippen LogP contribution in [0.5, 0.6) is 5.75 Å². The van der Waals surface area contributed by atoms with E-state index in [4.69, 9.17) is 11.6 Å². The lowest BCUT2D eigenvalue weighted by atomic mass is 10.0. The molecule has 2 aromatic carbocycles. The molecule has 2 aromatic rings. The summed E-state index contributed by atoms with van der Waals surface area (Å²) in [4.78, 5) is 11.3. The molecule has 19 heavy (non-hydrogen) atoms. The molecule has 0 spiro atoms. The zero-order valence-corrected chi connectivity index (χ0v) is 10.6. The maximum atomic E-state index is 11.3. The molecule has 0 aliphatic carbocycles. The number of phenols is 1. The van der Waals surface area contributed by atoms with Crippen molar-refractivity contribution in [3.63, 3.8) is 0 Å². The lowest BCUT2D eigenvalue weighted by molar-refractivity contribution is -0.130. The third-order valence-electron chi connectivity index (χ3n) is 2.60. The minimum Gasteiger partial charge on any atom is -0.506 e. The zero-order chi connectivity index (χ0) is 13.8. The standard InChI is InChI=1S/C15H11ClO3/c16-13-9-11(6-7-14(13)17)12(15(18)19)8-10-4-2-1-3-5-10/h1-9,17H,(H,18,19)/b12-8+. The van der Waals surface area contributed by atoms with Crippen LogP contribution in [0.1, 0.15) is 11.1 Å². The van der Waals surface area contributed by atoms with E-state index >= 15 is 0 Å². The summed E-state index contributed by atoms with van der Waals surface area (Å²) in [5, 5.41) is 18.8. The van der Waals surface area contributed by atoms with Crippen molar-refractivity contribution in [2.75, 3.05) is 0 Å². The number of benzene rings is 2. The Hall–Kier alpha value is -2.26. The molecule has 0 heterocycles. The average molecular weight is 275 g/mol. The monoisotopic (exact) mass is 274 g/mol. The van der Waals surface area contributed by atoms with E-state index in [0.717, 1.165) is 5.56 Å². The predicted octanol–water partition coefficient (Wildman–Crippen LogP) is 3.67. The fraction of sp³-hybridized carbons (Fsp3) is 0. The largest absolute Gasteiger partial charge is 0.506 e. The molecule has 0 saturated carbocycles. The fourth-order valence-electron chi connectivity index (χ4n) is 1.66. The Bertz CT molecular complexity index is 633. The van der Waals surface area contributed by atoms with Gasteiger partial charge in [0.2, 0.25) is 0 Å². The van der Waals surface area contributed by atoms with Crippen LogP contribution in [0.25, 0.3) is 11.6 Å². The first-order valence-electron chi connectivity index (χ1n) is 5.57. The Labute approximate surface area is 115 Å². The summed E-state index contributed by atoms with van der Waals surface area (Å²) in [7, 11) is 0. The molecule has 0 bridgehead atoms. The number of carboxylic acid groups (broad SMARTS) is 1. The quantitative estimate of drug-likeness (QED) is 0.663. The molecular formula is C15H11ClO3. The van der Waals surface area contributed by atoms with Crippen molar-refractivity contribution in [2.24, 2.45) is 0 Å². The molecule has 0 atom stereocenters. The van der Waals surface area contributed by atoms with E-state index < -0.39 is 5.97 Å². The summed E-state index contributed by atoms with van der Waals surface area (Å²) in [6, 6.07) is 13.5.